The van der Waals surface area contributed by atoms with E-state index in [4.69, 9.17) is 0 Å². The standard InChI is InChI=1S/C19H24N2O3/c1-12-9-13(2)16(14(3)10-12)15(22)11-21-17(23)19(20-18(21)24)7-5-4-6-8-19/h9-10H,4-8,11H2,1-3H3,(H,20,24). The van der Waals surface area contributed by atoms with E-state index in [2.05, 4.69) is 5.32 Å². The molecule has 0 unspecified atom stereocenters. The van der Waals surface area contributed by atoms with Crippen LogP contribution in [0.2, 0.25) is 0 Å². The summed E-state index contributed by atoms with van der Waals surface area (Å²) in [6.07, 6.45) is 4.30. The number of aryl methyl sites for hydroxylation is 3. The Balaban J connectivity index is 1.82. The predicted molar refractivity (Wildman–Crippen MR) is 91.0 cm³/mol. The second kappa shape index (κ2) is 6.04. The summed E-state index contributed by atoms with van der Waals surface area (Å²) in [5, 5.41) is 2.85. The smallest absolute Gasteiger partial charge is 0.323 e. The minimum atomic E-state index is -0.771. The highest BCUT2D eigenvalue weighted by Crippen LogP contribution is 2.33. The van der Waals surface area contributed by atoms with Gasteiger partial charge in [-0.25, -0.2) is 4.79 Å². The van der Waals surface area contributed by atoms with E-state index in [9.17, 15) is 14.4 Å². The maximum atomic E-state index is 12.8. The van der Waals surface area contributed by atoms with E-state index >= 15 is 0 Å². The maximum absolute atomic E-state index is 12.8. The molecule has 1 saturated heterocycles. The van der Waals surface area contributed by atoms with Crippen molar-refractivity contribution in [2.75, 3.05) is 6.54 Å². The zero-order valence-electron chi connectivity index (χ0n) is 14.6. The zero-order chi connectivity index (χ0) is 17.5. The van der Waals surface area contributed by atoms with E-state index in [0.717, 1.165) is 40.9 Å². The quantitative estimate of drug-likeness (QED) is 0.685. The van der Waals surface area contributed by atoms with Crippen LogP contribution in [0.3, 0.4) is 0 Å². The number of nitrogens with one attached hydrogen (secondary N) is 1. The number of nitrogens with zero attached hydrogens (tertiary/aromatic N) is 1. The number of benzene rings is 1. The summed E-state index contributed by atoms with van der Waals surface area (Å²) in [5.41, 5.74) is 2.71. The van der Waals surface area contributed by atoms with Crippen molar-refractivity contribution in [3.8, 4) is 0 Å². The fourth-order valence-corrected chi connectivity index (χ4v) is 4.16. The Morgan fingerprint density at radius 3 is 2.25 bits per heavy atom. The minimum absolute atomic E-state index is 0.179. The molecule has 0 aromatic heterocycles. The van der Waals surface area contributed by atoms with Crippen LogP contribution in [0.5, 0.6) is 0 Å². The number of amides is 3. The summed E-state index contributed by atoms with van der Waals surface area (Å²) in [4.78, 5) is 38.9. The number of carbonyl (C=O) groups excluding carboxylic acids is 3. The van der Waals surface area contributed by atoms with Gasteiger partial charge in [0, 0.05) is 5.56 Å². The number of imide groups is 1. The number of urea groups is 1. The van der Waals surface area contributed by atoms with Crippen LogP contribution in [-0.4, -0.2) is 34.7 Å². The molecule has 0 bridgehead atoms. The van der Waals surface area contributed by atoms with Crippen molar-refractivity contribution in [1.29, 1.82) is 0 Å². The average Bonchev–Trinajstić information content (AvgIpc) is 2.71. The van der Waals surface area contributed by atoms with Crippen LogP contribution in [0.15, 0.2) is 12.1 Å². The van der Waals surface area contributed by atoms with Crippen molar-refractivity contribution < 1.29 is 14.4 Å². The summed E-state index contributed by atoms with van der Waals surface area (Å²) in [6, 6.07) is 3.47. The molecule has 1 heterocycles. The fraction of sp³-hybridized carbons (Fsp3) is 0.526. The van der Waals surface area contributed by atoms with E-state index in [-0.39, 0.29) is 18.2 Å². The lowest BCUT2D eigenvalue weighted by atomic mass is 9.81. The summed E-state index contributed by atoms with van der Waals surface area (Å²) < 4.78 is 0. The summed E-state index contributed by atoms with van der Waals surface area (Å²) in [6.45, 7) is 5.58. The Morgan fingerprint density at radius 2 is 1.67 bits per heavy atom. The molecule has 1 N–H and O–H groups in total. The van der Waals surface area contributed by atoms with Crippen molar-refractivity contribution in [3.63, 3.8) is 0 Å². The molecule has 1 saturated carbocycles. The van der Waals surface area contributed by atoms with Gasteiger partial charge >= 0.3 is 6.03 Å². The molecule has 0 atom stereocenters. The van der Waals surface area contributed by atoms with Crippen molar-refractivity contribution in [2.45, 2.75) is 58.4 Å². The average molecular weight is 328 g/mol. The van der Waals surface area contributed by atoms with Crippen molar-refractivity contribution in [3.05, 3.63) is 34.4 Å². The van der Waals surface area contributed by atoms with Gasteiger partial charge in [-0.1, -0.05) is 37.0 Å². The lowest BCUT2D eigenvalue weighted by molar-refractivity contribution is -0.132. The number of hydrogen-bond donors (Lipinski definition) is 1. The topological polar surface area (TPSA) is 66.5 Å². The van der Waals surface area contributed by atoms with E-state index in [1.165, 1.54) is 0 Å². The molecule has 1 aliphatic heterocycles. The van der Waals surface area contributed by atoms with Gasteiger partial charge in [-0.15, -0.1) is 0 Å². The van der Waals surface area contributed by atoms with Gasteiger partial charge in [0.25, 0.3) is 5.91 Å². The Hall–Kier alpha value is -2.17. The summed E-state index contributed by atoms with van der Waals surface area (Å²) in [7, 11) is 0. The third kappa shape index (κ3) is 2.72. The number of carbonyl (C=O) groups is 3. The number of ketones is 1. The van der Waals surface area contributed by atoms with Crippen LogP contribution in [0, 0.1) is 20.8 Å². The number of Topliss-reactive ketones (excluding diaryl/α,β-unsaturated/α-hetero) is 1. The number of rotatable bonds is 3. The molecule has 1 aliphatic carbocycles. The molecule has 1 aromatic carbocycles. The molecule has 24 heavy (non-hydrogen) atoms. The fourth-order valence-electron chi connectivity index (χ4n) is 4.16. The lowest BCUT2D eigenvalue weighted by Gasteiger charge is -2.30. The highest BCUT2D eigenvalue weighted by atomic mass is 16.2. The monoisotopic (exact) mass is 328 g/mol. The summed E-state index contributed by atoms with van der Waals surface area (Å²) in [5.74, 6) is -0.413. The summed E-state index contributed by atoms with van der Waals surface area (Å²) >= 11 is 0. The van der Waals surface area contributed by atoms with Crippen LogP contribution >= 0.6 is 0 Å². The van der Waals surface area contributed by atoms with Crippen molar-refractivity contribution >= 4 is 17.7 Å². The van der Waals surface area contributed by atoms with E-state index < -0.39 is 11.6 Å². The molecule has 5 heteroatoms. The molecular formula is C19H24N2O3. The highest BCUT2D eigenvalue weighted by molar-refractivity contribution is 6.11. The van der Waals surface area contributed by atoms with Crippen LogP contribution in [0.25, 0.3) is 0 Å². The Kier molecular flexibility index (Phi) is 4.20. The predicted octanol–water partition coefficient (Wildman–Crippen LogP) is 3.05. The normalized spacial score (nSPS) is 19.7. The minimum Gasteiger partial charge on any atom is -0.323 e. The first kappa shape index (κ1) is 16.7. The van der Waals surface area contributed by atoms with E-state index in [1.54, 1.807) is 0 Å². The zero-order valence-corrected chi connectivity index (χ0v) is 14.6. The SMILES string of the molecule is Cc1cc(C)c(C(=O)CN2C(=O)NC3(CCCCC3)C2=O)c(C)c1. The van der Waals surface area contributed by atoms with Gasteiger partial charge in [-0.2, -0.15) is 0 Å². The van der Waals surface area contributed by atoms with Crippen molar-refractivity contribution in [2.24, 2.45) is 0 Å². The van der Waals surface area contributed by atoms with Crippen LogP contribution in [-0.2, 0) is 4.79 Å². The van der Waals surface area contributed by atoms with Gasteiger partial charge < -0.3 is 5.32 Å². The van der Waals surface area contributed by atoms with E-state index in [0.29, 0.717) is 18.4 Å². The molecule has 2 fully saturated rings. The molecule has 3 rings (SSSR count). The number of hydrogen-bond acceptors (Lipinski definition) is 3. The lowest BCUT2D eigenvalue weighted by Crippen LogP contribution is -2.48. The Bertz CT molecular complexity index is 694. The first-order valence-corrected chi connectivity index (χ1v) is 8.59. The second-order valence-electron chi connectivity index (χ2n) is 7.16. The highest BCUT2D eigenvalue weighted by Gasteiger charge is 2.51. The van der Waals surface area contributed by atoms with Gasteiger partial charge in [-0.3, -0.25) is 14.5 Å². The maximum Gasteiger partial charge on any atom is 0.325 e. The first-order chi connectivity index (χ1) is 11.3. The first-order valence-electron chi connectivity index (χ1n) is 8.59. The molecular weight excluding hydrogens is 304 g/mol. The third-order valence-electron chi connectivity index (χ3n) is 5.21. The second-order valence-corrected chi connectivity index (χ2v) is 7.16. The third-order valence-corrected chi connectivity index (χ3v) is 5.21. The van der Waals surface area contributed by atoms with Crippen molar-refractivity contribution in [1.82, 2.24) is 10.2 Å². The van der Waals surface area contributed by atoms with Crippen LogP contribution < -0.4 is 5.32 Å². The van der Waals surface area contributed by atoms with Gasteiger partial charge in [0.05, 0.1) is 6.54 Å². The Morgan fingerprint density at radius 1 is 1.08 bits per heavy atom. The van der Waals surface area contributed by atoms with Gasteiger partial charge in [0.2, 0.25) is 0 Å². The molecule has 128 valence electrons. The molecule has 5 nitrogen and oxygen atoms in total. The van der Waals surface area contributed by atoms with Gasteiger partial charge in [0.15, 0.2) is 5.78 Å². The Labute approximate surface area is 142 Å². The molecule has 0 radical (unpaired) electrons. The van der Waals surface area contributed by atoms with Gasteiger partial charge in [0.1, 0.15) is 5.54 Å². The largest absolute Gasteiger partial charge is 0.325 e. The molecule has 3 amide bonds. The van der Waals surface area contributed by atoms with Crippen LogP contribution in [0.1, 0.15) is 59.2 Å². The van der Waals surface area contributed by atoms with Crippen LogP contribution in [0.4, 0.5) is 4.79 Å². The molecule has 1 spiro atoms. The molecule has 1 aromatic rings. The molecule has 2 aliphatic rings. The van der Waals surface area contributed by atoms with Gasteiger partial charge in [-0.05, 0) is 44.7 Å². The van der Waals surface area contributed by atoms with E-state index in [1.807, 2.05) is 32.9 Å².